The Morgan fingerprint density at radius 2 is 1.62 bits per heavy atom. The van der Waals surface area contributed by atoms with Gasteiger partial charge in [0.1, 0.15) is 0 Å². The van der Waals surface area contributed by atoms with Gasteiger partial charge in [0.05, 0.1) is 11.1 Å². The van der Waals surface area contributed by atoms with Crippen molar-refractivity contribution >= 4 is 45.8 Å². The summed E-state index contributed by atoms with van der Waals surface area (Å²) in [5, 5.41) is 33.1. The molecular weight excluding hydrogens is 457 g/mol. The number of fused-ring (bicyclic) bond motifs is 1. The van der Waals surface area contributed by atoms with Gasteiger partial charge in [0.25, 0.3) is 5.91 Å². The molecule has 1 heterocycles. The molecule has 4 rings (SSSR count). The van der Waals surface area contributed by atoms with Gasteiger partial charge in [0.15, 0.2) is 22.8 Å². The first-order chi connectivity index (χ1) is 15.1. The van der Waals surface area contributed by atoms with Crippen molar-refractivity contribution in [2.75, 3.05) is 5.32 Å². The summed E-state index contributed by atoms with van der Waals surface area (Å²) in [5.74, 6) is -2.28. The monoisotopic (exact) mass is 471 g/mol. The highest BCUT2D eigenvalue weighted by atomic mass is 35.5. The number of carbonyl (C=O) groups excluding carboxylic acids is 1. The van der Waals surface area contributed by atoms with Crippen molar-refractivity contribution in [3.05, 3.63) is 79.9 Å². The summed E-state index contributed by atoms with van der Waals surface area (Å²) < 4.78 is 5.82. The minimum atomic E-state index is -0.723. The Kier molecular flexibility index (Phi) is 5.46. The average Bonchev–Trinajstić information content (AvgIpc) is 2.72. The van der Waals surface area contributed by atoms with E-state index in [1.807, 2.05) is 0 Å². The fourth-order valence-electron chi connectivity index (χ4n) is 3.27. The number of carbonyl (C=O) groups is 1. The third-order valence-corrected chi connectivity index (χ3v) is 5.16. The number of aromatic hydroxyl groups is 3. The summed E-state index contributed by atoms with van der Waals surface area (Å²) in [7, 11) is 0. The van der Waals surface area contributed by atoms with Crippen LogP contribution in [-0.2, 0) is 0 Å². The number of hydrogen-bond donors (Lipinski definition) is 4. The summed E-state index contributed by atoms with van der Waals surface area (Å²) in [6.07, 6.45) is 0. The lowest BCUT2D eigenvalue weighted by Gasteiger charge is -2.12. The zero-order valence-electron chi connectivity index (χ0n) is 16.4. The van der Waals surface area contributed by atoms with Gasteiger partial charge in [-0.1, -0.05) is 23.2 Å². The van der Waals surface area contributed by atoms with Crippen LogP contribution >= 0.6 is 23.2 Å². The second kappa shape index (κ2) is 8.11. The maximum Gasteiger partial charge on any atom is 0.255 e. The van der Waals surface area contributed by atoms with Gasteiger partial charge >= 0.3 is 0 Å². The summed E-state index contributed by atoms with van der Waals surface area (Å²) in [6.45, 7) is 1.72. The van der Waals surface area contributed by atoms with Crippen LogP contribution in [0, 0.1) is 6.92 Å². The first-order valence-corrected chi connectivity index (χ1v) is 10.00. The Morgan fingerprint density at radius 3 is 2.28 bits per heavy atom. The normalized spacial score (nSPS) is 11.0. The number of anilines is 1. The fraction of sp³-hybridized carbons (Fsp3) is 0.0435. The van der Waals surface area contributed by atoms with Crippen molar-refractivity contribution < 1.29 is 24.5 Å². The lowest BCUT2D eigenvalue weighted by atomic mass is 10.1. The number of halogens is 2. The third kappa shape index (κ3) is 3.95. The zero-order chi connectivity index (χ0) is 23.2. The summed E-state index contributed by atoms with van der Waals surface area (Å²) >= 11 is 12.0. The summed E-state index contributed by atoms with van der Waals surface area (Å²) in [6, 6.07) is 11.2. The number of phenolic OH excluding ortho intramolecular Hbond substituents is 2. The van der Waals surface area contributed by atoms with E-state index in [0.717, 1.165) is 6.07 Å². The third-order valence-electron chi connectivity index (χ3n) is 4.72. The van der Waals surface area contributed by atoms with Gasteiger partial charge in [0.2, 0.25) is 11.2 Å². The number of benzene rings is 3. The minimum absolute atomic E-state index is 0.0161. The maximum absolute atomic E-state index is 12.9. The Labute approximate surface area is 191 Å². The van der Waals surface area contributed by atoms with E-state index in [0.29, 0.717) is 5.56 Å². The minimum Gasteiger partial charge on any atom is -0.504 e. The molecule has 0 bridgehead atoms. The van der Waals surface area contributed by atoms with Crippen molar-refractivity contribution in [3.63, 3.8) is 0 Å². The molecule has 0 aliphatic heterocycles. The molecule has 4 N–H and O–H groups in total. The van der Waals surface area contributed by atoms with Crippen LogP contribution in [0.5, 0.6) is 17.2 Å². The number of hydrogen-bond acceptors (Lipinski definition) is 6. The van der Waals surface area contributed by atoms with Gasteiger partial charge in [0, 0.05) is 21.2 Å². The van der Waals surface area contributed by atoms with E-state index in [4.69, 9.17) is 27.6 Å². The molecular formula is C23H15Cl2NO6. The van der Waals surface area contributed by atoms with Crippen LogP contribution < -0.4 is 10.7 Å². The van der Waals surface area contributed by atoms with Gasteiger partial charge in [-0.2, -0.15) is 0 Å². The molecule has 7 nitrogen and oxygen atoms in total. The van der Waals surface area contributed by atoms with E-state index in [2.05, 4.69) is 5.32 Å². The highest BCUT2D eigenvalue weighted by molar-refractivity contribution is 6.35. The second-order valence-corrected chi connectivity index (χ2v) is 7.99. The van der Waals surface area contributed by atoms with Crippen LogP contribution in [0.25, 0.3) is 22.3 Å². The standard InChI is InChI=1S/C23H15Cl2NO6/c1-10-4-15-19(29)20(30)21(11-2-3-17(27)18(28)8-11)32-22(15)16(5-10)26-23(31)12-6-13(24)9-14(25)7-12/h2-9,27-28,30H,1H3,(H,26,31). The molecule has 0 saturated carbocycles. The van der Waals surface area contributed by atoms with Crippen LogP contribution in [0.15, 0.2) is 57.7 Å². The van der Waals surface area contributed by atoms with E-state index in [-0.39, 0.29) is 49.3 Å². The van der Waals surface area contributed by atoms with Crippen LogP contribution in [-0.4, -0.2) is 21.2 Å². The van der Waals surface area contributed by atoms with Crippen molar-refractivity contribution in [1.29, 1.82) is 0 Å². The van der Waals surface area contributed by atoms with Gasteiger partial charge < -0.3 is 25.1 Å². The number of rotatable bonds is 3. The Hall–Kier alpha value is -3.68. The smallest absolute Gasteiger partial charge is 0.255 e. The molecule has 0 unspecified atom stereocenters. The fourth-order valence-corrected chi connectivity index (χ4v) is 3.79. The van der Waals surface area contributed by atoms with E-state index >= 15 is 0 Å². The topological polar surface area (TPSA) is 120 Å². The van der Waals surface area contributed by atoms with Crippen molar-refractivity contribution in [2.24, 2.45) is 0 Å². The van der Waals surface area contributed by atoms with E-state index in [1.165, 1.54) is 36.4 Å². The molecule has 0 fully saturated rings. The molecule has 3 aromatic carbocycles. The Bertz CT molecular complexity index is 1440. The number of amides is 1. The predicted molar refractivity (Wildman–Crippen MR) is 122 cm³/mol. The first kappa shape index (κ1) is 21.5. The molecule has 0 aliphatic rings. The zero-order valence-corrected chi connectivity index (χ0v) is 18.0. The van der Waals surface area contributed by atoms with Crippen LogP contribution in [0.1, 0.15) is 15.9 Å². The van der Waals surface area contributed by atoms with Gasteiger partial charge in [-0.15, -0.1) is 0 Å². The highest BCUT2D eigenvalue weighted by Crippen LogP contribution is 2.37. The average molecular weight is 472 g/mol. The molecule has 4 aromatic rings. The molecule has 0 aliphatic carbocycles. The van der Waals surface area contributed by atoms with Crippen molar-refractivity contribution in [1.82, 2.24) is 0 Å². The van der Waals surface area contributed by atoms with Crippen LogP contribution in [0.4, 0.5) is 5.69 Å². The van der Waals surface area contributed by atoms with E-state index in [1.54, 1.807) is 13.0 Å². The number of phenols is 2. The van der Waals surface area contributed by atoms with Crippen LogP contribution in [0.3, 0.4) is 0 Å². The SMILES string of the molecule is Cc1cc(NC(=O)c2cc(Cl)cc(Cl)c2)c2oc(-c3ccc(O)c(O)c3)c(O)c(=O)c2c1. The predicted octanol–water partition coefficient (Wildman–Crippen LogP) is 5.44. The molecule has 0 saturated heterocycles. The maximum atomic E-state index is 12.9. The molecule has 0 spiro atoms. The van der Waals surface area contributed by atoms with Crippen molar-refractivity contribution in [3.8, 4) is 28.6 Å². The van der Waals surface area contributed by atoms with Gasteiger partial charge in [-0.3, -0.25) is 9.59 Å². The molecule has 0 atom stereocenters. The second-order valence-electron chi connectivity index (χ2n) is 7.11. The molecule has 0 radical (unpaired) electrons. The van der Waals surface area contributed by atoms with Gasteiger partial charge in [-0.25, -0.2) is 0 Å². The summed E-state index contributed by atoms with van der Waals surface area (Å²) in [5.41, 5.74) is 0.459. The Balaban J connectivity index is 1.89. The van der Waals surface area contributed by atoms with Gasteiger partial charge in [-0.05, 0) is 61.0 Å². The molecule has 162 valence electrons. The Morgan fingerprint density at radius 1 is 0.938 bits per heavy atom. The molecule has 1 aromatic heterocycles. The number of nitrogens with one attached hydrogen (secondary N) is 1. The number of aryl methyl sites for hydroxylation is 1. The first-order valence-electron chi connectivity index (χ1n) is 9.24. The van der Waals surface area contributed by atoms with E-state index in [9.17, 15) is 24.9 Å². The highest BCUT2D eigenvalue weighted by Gasteiger charge is 2.20. The van der Waals surface area contributed by atoms with Crippen molar-refractivity contribution in [2.45, 2.75) is 6.92 Å². The lowest BCUT2D eigenvalue weighted by molar-refractivity contribution is 0.102. The lowest BCUT2D eigenvalue weighted by Crippen LogP contribution is -2.13. The quantitative estimate of drug-likeness (QED) is 0.295. The van der Waals surface area contributed by atoms with Crippen LogP contribution in [0.2, 0.25) is 10.0 Å². The summed E-state index contributed by atoms with van der Waals surface area (Å²) in [4.78, 5) is 25.7. The largest absolute Gasteiger partial charge is 0.504 e. The van der Waals surface area contributed by atoms with E-state index < -0.39 is 22.8 Å². The molecule has 1 amide bonds. The molecule has 32 heavy (non-hydrogen) atoms. The molecule has 9 heteroatoms.